The van der Waals surface area contributed by atoms with Gasteiger partial charge in [0.2, 0.25) is 0 Å². The van der Waals surface area contributed by atoms with Crippen LogP contribution in [0.15, 0.2) is 16.8 Å². The van der Waals surface area contributed by atoms with Crippen molar-refractivity contribution in [3.8, 4) is 0 Å². The zero-order valence-electron chi connectivity index (χ0n) is 9.36. The summed E-state index contributed by atoms with van der Waals surface area (Å²) in [5.41, 5.74) is 1.40. The van der Waals surface area contributed by atoms with E-state index in [0.717, 1.165) is 25.9 Å². The van der Waals surface area contributed by atoms with Crippen LogP contribution in [0.1, 0.15) is 18.9 Å². The molecule has 1 N–H and O–H groups in total. The van der Waals surface area contributed by atoms with Gasteiger partial charge in [-0.05, 0) is 48.3 Å². The first-order chi connectivity index (χ1) is 7.20. The van der Waals surface area contributed by atoms with Crippen molar-refractivity contribution in [2.24, 2.45) is 0 Å². The molecule has 0 saturated carbocycles. The Morgan fingerprint density at radius 3 is 2.93 bits per heavy atom. The van der Waals surface area contributed by atoms with Gasteiger partial charge >= 0.3 is 0 Å². The van der Waals surface area contributed by atoms with E-state index in [9.17, 15) is 4.21 Å². The summed E-state index contributed by atoms with van der Waals surface area (Å²) >= 11 is 1.74. The van der Waals surface area contributed by atoms with Crippen molar-refractivity contribution >= 4 is 22.1 Å². The van der Waals surface area contributed by atoms with Crippen molar-refractivity contribution < 1.29 is 4.21 Å². The molecule has 4 heteroatoms. The lowest BCUT2D eigenvalue weighted by atomic mass is 10.2. The molecule has 0 aromatic carbocycles. The largest absolute Gasteiger partial charge is 0.316 e. The second-order valence-corrected chi connectivity index (χ2v) is 6.31. The van der Waals surface area contributed by atoms with Crippen LogP contribution in [0, 0.1) is 0 Å². The van der Waals surface area contributed by atoms with Crippen molar-refractivity contribution in [1.29, 1.82) is 0 Å². The van der Waals surface area contributed by atoms with Crippen molar-refractivity contribution in [2.75, 3.05) is 19.3 Å². The van der Waals surface area contributed by atoms with E-state index in [-0.39, 0.29) is 0 Å². The Bertz CT molecular complexity index is 285. The molecule has 86 valence electrons. The minimum atomic E-state index is -0.684. The highest BCUT2D eigenvalue weighted by Crippen LogP contribution is 2.05. The molecular formula is C11H19NOS2. The van der Waals surface area contributed by atoms with Crippen LogP contribution in [0.2, 0.25) is 0 Å². The van der Waals surface area contributed by atoms with Crippen LogP contribution in [0.5, 0.6) is 0 Å². The lowest BCUT2D eigenvalue weighted by Crippen LogP contribution is -2.23. The van der Waals surface area contributed by atoms with Gasteiger partial charge in [0.15, 0.2) is 0 Å². The molecule has 0 radical (unpaired) electrons. The minimum Gasteiger partial charge on any atom is -0.316 e. The predicted molar refractivity (Wildman–Crippen MR) is 69.0 cm³/mol. The molecule has 1 aromatic heterocycles. The van der Waals surface area contributed by atoms with Crippen LogP contribution in [0.3, 0.4) is 0 Å². The summed E-state index contributed by atoms with van der Waals surface area (Å²) in [6.07, 6.45) is 3.86. The number of nitrogens with one attached hydrogen (secondary N) is 1. The summed E-state index contributed by atoms with van der Waals surface area (Å²) in [6, 6.07) is 2.16. The van der Waals surface area contributed by atoms with Crippen LogP contribution in [-0.4, -0.2) is 28.8 Å². The van der Waals surface area contributed by atoms with Gasteiger partial charge in [-0.2, -0.15) is 11.3 Å². The molecule has 0 bridgehead atoms. The highest BCUT2D eigenvalue weighted by Gasteiger charge is 2.04. The molecule has 0 saturated heterocycles. The number of hydrogen-bond acceptors (Lipinski definition) is 3. The van der Waals surface area contributed by atoms with E-state index in [4.69, 9.17) is 0 Å². The predicted octanol–water partition coefficient (Wildman–Crippen LogP) is 2.04. The SMILES string of the molecule is CC(CCNCCc1ccsc1)S(C)=O. The molecule has 2 atom stereocenters. The van der Waals surface area contributed by atoms with Gasteiger partial charge in [0, 0.05) is 22.3 Å². The molecule has 2 unspecified atom stereocenters. The summed E-state index contributed by atoms with van der Waals surface area (Å²) in [6.45, 7) is 4.02. The van der Waals surface area contributed by atoms with Crippen molar-refractivity contribution in [2.45, 2.75) is 25.0 Å². The smallest absolute Gasteiger partial charge is 0.0329 e. The van der Waals surface area contributed by atoms with Gasteiger partial charge in [0.25, 0.3) is 0 Å². The average molecular weight is 245 g/mol. The van der Waals surface area contributed by atoms with Gasteiger partial charge in [0.05, 0.1) is 0 Å². The van der Waals surface area contributed by atoms with Gasteiger partial charge in [-0.15, -0.1) is 0 Å². The highest BCUT2D eigenvalue weighted by molar-refractivity contribution is 7.84. The first-order valence-electron chi connectivity index (χ1n) is 5.24. The van der Waals surface area contributed by atoms with E-state index in [1.54, 1.807) is 17.6 Å². The molecule has 2 nitrogen and oxygen atoms in total. The Balaban J connectivity index is 2.00. The Morgan fingerprint density at radius 1 is 1.53 bits per heavy atom. The maximum Gasteiger partial charge on any atom is 0.0329 e. The summed E-state index contributed by atoms with van der Waals surface area (Å²) in [7, 11) is -0.684. The summed E-state index contributed by atoms with van der Waals surface area (Å²) in [5, 5.41) is 7.98. The van der Waals surface area contributed by atoms with Gasteiger partial charge in [-0.1, -0.05) is 6.92 Å². The van der Waals surface area contributed by atoms with E-state index >= 15 is 0 Å². The zero-order chi connectivity index (χ0) is 11.1. The molecule has 0 aliphatic carbocycles. The molecule has 15 heavy (non-hydrogen) atoms. The Hall–Kier alpha value is -0.190. The fourth-order valence-corrected chi connectivity index (χ4v) is 2.42. The molecule has 1 rings (SSSR count). The molecule has 1 aromatic rings. The third-order valence-corrected chi connectivity index (χ3v) is 4.57. The molecule has 0 fully saturated rings. The van der Waals surface area contributed by atoms with E-state index in [2.05, 4.69) is 22.1 Å². The fraction of sp³-hybridized carbons (Fsp3) is 0.636. The maximum atomic E-state index is 11.1. The number of rotatable bonds is 7. The van der Waals surface area contributed by atoms with Gasteiger partial charge in [-0.3, -0.25) is 4.21 Å². The van der Waals surface area contributed by atoms with Crippen molar-refractivity contribution in [3.63, 3.8) is 0 Å². The normalized spacial score (nSPS) is 15.1. The van der Waals surface area contributed by atoms with Crippen molar-refractivity contribution in [3.05, 3.63) is 22.4 Å². The first-order valence-corrected chi connectivity index (χ1v) is 7.80. The average Bonchev–Trinajstić information content (AvgIpc) is 2.69. The molecule has 0 spiro atoms. The first kappa shape index (κ1) is 12.9. The third-order valence-electron chi connectivity index (χ3n) is 2.46. The van der Waals surface area contributed by atoms with Crippen LogP contribution < -0.4 is 5.32 Å². The lowest BCUT2D eigenvalue weighted by Gasteiger charge is -2.08. The highest BCUT2D eigenvalue weighted by atomic mass is 32.2. The molecule has 0 amide bonds. The van der Waals surface area contributed by atoms with E-state index in [1.807, 2.05) is 6.92 Å². The minimum absolute atomic E-state index is 0.304. The topological polar surface area (TPSA) is 29.1 Å². The van der Waals surface area contributed by atoms with Gasteiger partial charge in [-0.25, -0.2) is 0 Å². The second-order valence-electron chi connectivity index (χ2n) is 3.73. The standard InChI is InChI=1S/C11H19NOS2/c1-10(15(2)13)3-6-12-7-4-11-5-8-14-9-11/h5,8-10,12H,3-4,6-7H2,1-2H3. The summed E-state index contributed by atoms with van der Waals surface area (Å²) < 4.78 is 11.1. The van der Waals surface area contributed by atoms with E-state index in [0.29, 0.717) is 5.25 Å². The van der Waals surface area contributed by atoms with Crippen LogP contribution >= 0.6 is 11.3 Å². The van der Waals surface area contributed by atoms with Crippen LogP contribution in [-0.2, 0) is 17.2 Å². The summed E-state index contributed by atoms with van der Waals surface area (Å²) in [5.74, 6) is 0. The van der Waals surface area contributed by atoms with Crippen LogP contribution in [0.25, 0.3) is 0 Å². The zero-order valence-corrected chi connectivity index (χ0v) is 11.0. The number of hydrogen-bond donors (Lipinski definition) is 1. The maximum absolute atomic E-state index is 11.1. The third kappa shape index (κ3) is 5.44. The molecular weight excluding hydrogens is 226 g/mol. The summed E-state index contributed by atoms with van der Waals surface area (Å²) in [4.78, 5) is 0. The van der Waals surface area contributed by atoms with Gasteiger partial charge in [0.1, 0.15) is 0 Å². The Kier molecular flexibility index (Phi) is 6.13. The number of thiophene rings is 1. The second kappa shape index (κ2) is 7.14. The Labute approximate surface area is 98.6 Å². The van der Waals surface area contributed by atoms with Crippen LogP contribution in [0.4, 0.5) is 0 Å². The van der Waals surface area contributed by atoms with Gasteiger partial charge < -0.3 is 5.32 Å². The monoisotopic (exact) mass is 245 g/mol. The molecule has 0 aliphatic heterocycles. The van der Waals surface area contributed by atoms with Crippen molar-refractivity contribution in [1.82, 2.24) is 5.32 Å². The fourth-order valence-electron chi connectivity index (χ4n) is 1.26. The van der Waals surface area contributed by atoms with E-state index in [1.165, 1.54) is 5.56 Å². The lowest BCUT2D eigenvalue weighted by molar-refractivity contribution is 0.628. The molecule has 1 heterocycles. The molecule has 0 aliphatic rings. The Morgan fingerprint density at radius 2 is 2.33 bits per heavy atom. The quantitative estimate of drug-likeness (QED) is 0.745. The van der Waals surface area contributed by atoms with E-state index < -0.39 is 10.8 Å².